The van der Waals surface area contributed by atoms with E-state index in [4.69, 9.17) is 9.47 Å². The number of nitrogens with zero attached hydrogens (tertiary/aromatic N) is 2. The highest BCUT2D eigenvalue weighted by atomic mass is 32.2. The standard InChI is InChI=1S/C25H40N2O6S/c1-4-7-8-9-24-32-22-11-10-19(16-23(22)33-24)20-17-26(18-21(20)25(28)29)13-14-27(12-5-2)34(30,31)15-6-3/h10-11,16,20-21,24H,4-9,12-15,17-18H2,1-3H3,(H,28,29). The van der Waals surface area contributed by atoms with Gasteiger partial charge in [-0.2, -0.15) is 0 Å². The fraction of sp³-hybridized carbons (Fsp3) is 0.720. The van der Waals surface area contributed by atoms with Crippen LogP contribution < -0.4 is 9.47 Å². The van der Waals surface area contributed by atoms with Gasteiger partial charge in [0.25, 0.3) is 0 Å². The van der Waals surface area contributed by atoms with Crippen LogP contribution in [0.2, 0.25) is 0 Å². The average Bonchev–Trinajstić information content (AvgIpc) is 3.40. The topological polar surface area (TPSA) is 96.4 Å². The fourth-order valence-electron chi connectivity index (χ4n) is 4.87. The summed E-state index contributed by atoms with van der Waals surface area (Å²) in [6, 6.07) is 5.75. The van der Waals surface area contributed by atoms with Gasteiger partial charge in [-0.1, -0.05) is 39.7 Å². The number of unbranched alkanes of at least 4 members (excludes halogenated alkanes) is 2. The van der Waals surface area contributed by atoms with Crippen molar-refractivity contribution in [3.63, 3.8) is 0 Å². The first-order valence-electron chi connectivity index (χ1n) is 12.7. The number of aliphatic carboxylic acids is 1. The molecule has 2 heterocycles. The van der Waals surface area contributed by atoms with E-state index in [2.05, 4.69) is 11.8 Å². The van der Waals surface area contributed by atoms with E-state index in [0.717, 1.165) is 37.7 Å². The monoisotopic (exact) mass is 496 g/mol. The van der Waals surface area contributed by atoms with Crippen molar-refractivity contribution in [3.8, 4) is 11.5 Å². The molecule has 2 aliphatic rings. The summed E-state index contributed by atoms with van der Waals surface area (Å²) in [4.78, 5) is 14.1. The Morgan fingerprint density at radius 1 is 1.06 bits per heavy atom. The van der Waals surface area contributed by atoms with Crippen LogP contribution in [0.15, 0.2) is 18.2 Å². The Labute approximate surface area is 204 Å². The third kappa shape index (κ3) is 6.64. The summed E-state index contributed by atoms with van der Waals surface area (Å²) in [5.74, 6) is -0.0226. The lowest BCUT2D eigenvalue weighted by atomic mass is 9.89. The van der Waals surface area contributed by atoms with Gasteiger partial charge in [0, 0.05) is 45.1 Å². The van der Waals surface area contributed by atoms with Crippen LogP contribution in [0.5, 0.6) is 11.5 Å². The Morgan fingerprint density at radius 3 is 2.50 bits per heavy atom. The fourth-order valence-corrected chi connectivity index (χ4v) is 6.46. The average molecular weight is 497 g/mol. The smallest absolute Gasteiger partial charge is 0.308 e. The van der Waals surface area contributed by atoms with Crippen molar-refractivity contribution in [2.75, 3.05) is 38.5 Å². The molecular weight excluding hydrogens is 456 g/mol. The van der Waals surface area contributed by atoms with Gasteiger partial charge in [0.2, 0.25) is 16.3 Å². The van der Waals surface area contributed by atoms with E-state index in [1.165, 1.54) is 0 Å². The number of benzene rings is 1. The lowest BCUT2D eigenvalue weighted by Gasteiger charge is -2.24. The molecule has 0 aromatic heterocycles. The minimum absolute atomic E-state index is 0.143. The summed E-state index contributed by atoms with van der Waals surface area (Å²) in [6.07, 6.45) is 5.21. The highest BCUT2D eigenvalue weighted by Gasteiger charge is 2.39. The SMILES string of the molecule is CCCCCC1Oc2ccc(C3CN(CCN(CCC)S(=O)(=O)CCC)CC3C(=O)O)cc2O1. The van der Waals surface area contributed by atoms with Crippen molar-refractivity contribution in [2.24, 2.45) is 5.92 Å². The number of fused-ring (bicyclic) bond motifs is 1. The molecule has 2 aliphatic heterocycles. The first-order chi connectivity index (χ1) is 16.3. The second-order valence-corrected chi connectivity index (χ2v) is 11.5. The van der Waals surface area contributed by atoms with Crippen molar-refractivity contribution >= 4 is 16.0 Å². The van der Waals surface area contributed by atoms with E-state index in [0.29, 0.717) is 50.6 Å². The molecule has 0 aliphatic carbocycles. The first kappa shape index (κ1) is 26.8. The molecule has 0 radical (unpaired) electrons. The van der Waals surface area contributed by atoms with Crippen LogP contribution >= 0.6 is 0 Å². The van der Waals surface area contributed by atoms with Crippen LogP contribution in [0.1, 0.15) is 70.8 Å². The third-order valence-corrected chi connectivity index (χ3v) is 8.74. The molecular formula is C25H40N2O6S. The lowest BCUT2D eigenvalue weighted by Crippen LogP contribution is -2.39. The van der Waals surface area contributed by atoms with Gasteiger partial charge in [-0.3, -0.25) is 4.79 Å². The Morgan fingerprint density at radius 2 is 1.82 bits per heavy atom. The molecule has 0 spiro atoms. The van der Waals surface area contributed by atoms with Crippen LogP contribution in [0.25, 0.3) is 0 Å². The number of sulfonamides is 1. The molecule has 0 saturated carbocycles. The quantitative estimate of drug-likeness (QED) is 0.390. The number of hydrogen-bond donors (Lipinski definition) is 1. The van der Waals surface area contributed by atoms with Crippen molar-refractivity contribution < 1.29 is 27.8 Å². The molecule has 3 unspecified atom stereocenters. The maximum absolute atomic E-state index is 12.6. The number of likely N-dealkylation sites (tertiary alicyclic amines) is 1. The third-order valence-electron chi connectivity index (χ3n) is 6.66. The molecule has 0 bridgehead atoms. The van der Waals surface area contributed by atoms with Gasteiger partial charge >= 0.3 is 5.97 Å². The zero-order valence-corrected chi connectivity index (χ0v) is 21.6. The van der Waals surface area contributed by atoms with Crippen molar-refractivity contribution in [1.29, 1.82) is 0 Å². The molecule has 34 heavy (non-hydrogen) atoms. The van der Waals surface area contributed by atoms with Gasteiger partial charge in [0.1, 0.15) is 0 Å². The summed E-state index contributed by atoms with van der Waals surface area (Å²) < 4.78 is 38.6. The summed E-state index contributed by atoms with van der Waals surface area (Å²) in [5.41, 5.74) is 0.926. The van der Waals surface area contributed by atoms with E-state index in [-0.39, 0.29) is 18.0 Å². The van der Waals surface area contributed by atoms with Crippen LogP contribution in [-0.4, -0.2) is 73.5 Å². The number of hydrogen-bond acceptors (Lipinski definition) is 6. The van der Waals surface area contributed by atoms with Gasteiger partial charge in [-0.05, 0) is 37.0 Å². The van der Waals surface area contributed by atoms with Crippen LogP contribution in [0.4, 0.5) is 0 Å². The maximum atomic E-state index is 12.6. The number of ether oxygens (including phenoxy) is 2. The predicted molar refractivity (Wildman–Crippen MR) is 132 cm³/mol. The van der Waals surface area contributed by atoms with E-state index < -0.39 is 21.9 Å². The number of carboxylic acids is 1. The largest absolute Gasteiger partial charge is 0.481 e. The maximum Gasteiger partial charge on any atom is 0.308 e. The molecule has 1 saturated heterocycles. The Bertz CT molecular complexity index is 922. The zero-order chi connectivity index (χ0) is 24.7. The summed E-state index contributed by atoms with van der Waals surface area (Å²) in [5, 5.41) is 9.89. The molecule has 1 aromatic rings. The number of rotatable bonds is 14. The van der Waals surface area contributed by atoms with E-state index in [1.807, 2.05) is 32.0 Å². The number of carboxylic acid groups (broad SMARTS) is 1. The van der Waals surface area contributed by atoms with Gasteiger partial charge in [0.05, 0.1) is 11.7 Å². The minimum atomic E-state index is -3.28. The second-order valence-electron chi connectivity index (χ2n) is 9.39. The molecule has 3 atom stereocenters. The Kier molecular flexibility index (Phi) is 9.62. The van der Waals surface area contributed by atoms with Crippen LogP contribution in [0, 0.1) is 5.92 Å². The summed E-state index contributed by atoms with van der Waals surface area (Å²) in [7, 11) is -3.28. The van der Waals surface area contributed by atoms with Gasteiger partial charge in [0.15, 0.2) is 11.5 Å². The summed E-state index contributed by atoms with van der Waals surface area (Å²) >= 11 is 0. The molecule has 3 rings (SSSR count). The van der Waals surface area contributed by atoms with Crippen molar-refractivity contribution in [1.82, 2.24) is 9.21 Å². The molecule has 1 N–H and O–H groups in total. The Hall–Kier alpha value is -1.84. The highest BCUT2D eigenvalue weighted by Crippen LogP contribution is 2.41. The zero-order valence-electron chi connectivity index (χ0n) is 20.7. The van der Waals surface area contributed by atoms with Gasteiger partial charge in [-0.25, -0.2) is 12.7 Å². The van der Waals surface area contributed by atoms with Gasteiger partial charge in [-0.15, -0.1) is 0 Å². The van der Waals surface area contributed by atoms with Crippen LogP contribution in [0.3, 0.4) is 0 Å². The van der Waals surface area contributed by atoms with Crippen molar-refractivity contribution in [3.05, 3.63) is 23.8 Å². The molecule has 192 valence electrons. The number of carbonyl (C=O) groups is 1. The minimum Gasteiger partial charge on any atom is -0.481 e. The highest BCUT2D eigenvalue weighted by molar-refractivity contribution is 7.89. The van der Waals surface area contributed by atoms with Crippen molar-refractivity contribution in [2.45, 2.75) is 71.5 Å². The molecule has 1 fully saturated rings. The normalized spacial score (nSPS) is 22.5. The summed E-state index contributed by atoms with van der Waals surface area (Å²) in [6.45, 7) is 8.36. The van der Waals surface area contributed by atoms with E-state index in [1.54, 1.807) is 4.31 Å². The Balaban J connectivity index is 1.66. The van der Waals surface area contributed by atoms with Gasteiger partial charge < -0.3 is 19.5 Å². The molecule has 8 nitrogen and oxygen atoms in total. The molecule has 9 heteroatoms. The molecule has 1 aromatic carbocycles. The lowest BCUT2D eigenvalue weighted by molar-refractivity contribution is -0.141. The second kappa shape index (κ2) is 12.2. The predicted octanol–water partition coefficient (Wildman–Crippen LogP) is 3.92. The van der Waals surface area contributed by atoms with Crippen LogP contribution in [-0.2, 0) is 14.8 Å². The molecule has 0 amide bonds. The van der Waals surface area contributed by atoms with E-state index in [9.17, 15) is 18.3 Å². The van der Waals surface area contributed by atoms with E-state index >= 15 is 0 Å². The first-order valence-corrected chi connectivity index (χ1v) is 14.3.